The number of carboxylic acid groups (broad SMARTS) is 1. The van der Waals surface area contributed by atoms with E-state index >= 15 is 0 Å². The first-order valence-electron chi connectivity index (χ1n) is 5.03. The number of hydrogen-bond donors (Lipinski definition) is 4. The molecule has 1 rings (SSSR count). The second-order valence-electron chi connectivity index (χ2n) is 3.55. The van der Waals surface area contributed by atoms with Gasteiger partial charge in [-0.3, -0.25) is 0 Å². The van der Waals surface area contributed by atoms with Crippen LogP contribution in [0.3, 0.4) is 0 Å². The summed E-state index contributed by atoms with van der Waals surface area (Å²) in [6.07, 6.45) is -9.79. The minimum Gasteiger partial charge on any atom is -0.547 e. The van der Waals surface area contributed by atoms with Crippen molar-refractivity contribution in [2.45, 2.75) is 24.4 Å². The van der Waals surface area contributed by atoms with E-state index in [4.69, 9.17) is 20.4 Å². The second kappa shape index (κ2) is 10.1. The van der Waals surface area contributed by atoms with E-state index in [2.05, 4.69) is 13.6 Å². The Labute approximate surface area is 150 Å². The average molecular weight is 368 g/mol. The molecule has 4 unspecified atom stereocenters. The zero-order valence-electron chi connectivity index (χ0n) is 11.3. The molecule has 15 heteroatoms. The molecule has 0 aromatic carbocycles. The van der Waals surface area contributed by atoms with Crippen LogP contribution in [0.5, 0.6) is 0 Å². The zero-order chi connectivity index (χ0) is 16.3. The summed E-state index contributed by atoms with van der Waals surface area (Å²) in [5.41, 5.74) is 0. The molecule has 13 nitrogen and oxygen atoms in total. The molecule has 0 spiro atoms. The molecular weight excluding hydrogens is 358 g/mol. The number of aliphatic hydroxyl groups excluding tert-OH is 4. The summed E-state index contributed by atoms with van der Waals surface area (Å²) in [5.74, 6) is -7.10. The molecule has 0 bridgehead atoms. The van der Waals surface area contributed by atoms with E-state index < -0.39 is 56.9 Å². The smallest absolute Gasteiger partial charge is 0.547 e. The quantitative estimate of drug-likeness (QED) is 0.267. The molecular formula is C8H10NaO13P. The van der Waals surface area contributed by atoms with Crippen LogP contribution < -0.4 is 34.7 Å². The van der Waals surface area contributed by atoms with Gasteiger partial charge in [0.25, 0.3) is 0 Å². The summed E-state index contributed by atoms with van der Waals surface area (Å²) in [4.78, 5) is 43.7. The van der Waals surface area contributed by atoms with Gasteiger partial charge in [0.15, 0.2) is 18.3 Å². The summed E-state index contributed by atoms with van der Waals surface area (Å²) < 4.78 is 12.6. The van der Waals surface area contributed by atoms with E-state index in [1.165, 1.54) is 0 Å². The molecule has 0 aromatic rings. The summed E-state index contributed by atoms with van der Waals surface area (Å²) in [5, 5.41) is 46.3. The monoisotopic (exact) mass is 368 g/mol. The van der Waals surface area contributed by atoms with Crippen LogP contribution in [0.25, 0.3) is 0 Å². The van der Waals surface area contributed by atoms with Gasteiger partial charge in [-0.25, -0.2) is 14.4 Å². The first-order valence-corrected chi connectivity index (χ1v) is 6.13. The molecule has 6 N–H and O–H groups in total. The summed E-state index contributed by atoms with van der Waals surface area (Å²) in [6, 6.07) is 0. The van der Waals surface area contributed by atoms with Crippen molar-refractivity contribution in [1.82, 2.24) is 0 Å². The molecule has 1 heterocycles. The number of rotatable bonds is 4. The van der Waals surface area contributed by atoms with Crippen LogP contribution in [-0.2, 0) is 32.7 Å². The molecule has 0 aromatic heterocycles. The van der Waals surface area contributed by atoms with Crippen molar-refractivity contribution in [1.29, 1.82) is 0 Å². The Morgan fingerprint density at radius 1 is 1.09 bits per heavy atom. The molecule has 1 aliphatic rings. The fourth-order valence-electron chi connectivity index (χ4n) is 0.954. The van der Waals surface area contributed by atoms with Gasteiger partial charge in [-0.2, -0.15) is 0 Å². The fourth-order valence-corrected chi connectivity index (χ4v) is 1.83. The molecule has 1 saturated heterocycles. The number of hydrogen-bond acceptors (Lipinski definition) is 12. The molecule has 0 radical (unpaired) electrons. The molecule has 0 amide bonds. The molecule has 0 saturated carbocycles. The van der Waals surface area contributed by atoms with Gasteiger partial charge in [0.1, 0.15) is 6.10 Å². The standard InChI is InChI=1S/C8H9O12P.Na.H2O/c9-1(5(13)14)2(10)6(15)18-21-19-7(16)3(11)4(12)8(17)20-21;;/h1-4,9-12H,(H,13,14);;1H2/q;+1;/p-1. The van der Waals surface area contributed by atoms with Gasteiger partial charge in [0.05, 0.1) is 5.97 Å². The third-order valence-corrected chi connectivity index (χ3v) is 3.04. The first-order chi connectivity index (χ1) is 9.65. The van der Waals surface area contributed by atoms with E-state index in [0.717, 1.165) is 0 Å². The van der Waals surface area contributed by atoms with Crippen LogP contribution in [0, 0.1) is 0 Å². The van der Waals surface area contributed by atoms with Crippen LogP contribution in [0.1, 0.15) is 0 Å². The Hall–Kier alpha value is -0.890. The Balaban J connectivity index is 0. The van der Waals surface area contributed by atoms with Gasteiger partial charge in [0, 0.05) is 0 Å². The molecule has 0 aliphatic carbocycles. The van der Waals surface area contributed by atoms with Crippen LogP contribution in [-0.4, -0.2) is 74.2 Å². The molecule has 126 valence electrons. The van der Waals surface area contributed by atoms with Crippen molar-refractivity contribution in [2.75, 3.05) is 0 Å². The maximum Gasteiger partial charge on any atom is 1.00 e. The summed E-state index contributed by atoms with van der Waals surface area (Å²) in [7, 11) is -3.10. The third-order valence-electron chi connectivity index (χ3n) is 2.06. The Morgan fingerprint density at radius 2 is 1.48 bits per heavy atom. The largest absolute Gasteiger partial charge is 1.00 e. The number of aliphatic carboxylic acids is 1. The topological polar surface area (TPSA) is 231 Å². The van der Waals surface area contributed by atoms with Crippen LogP contribution in [0.15, 0.2) is 0 Å². The van der Waals surface area contributed by atoms with Crippen LogP contribution in [0.2, 0.25) is 0 Å². The fraction of sp³-hybridized carbons (Fsp3) is 0.500. The van der Waals surface area contributed by atoms with Gasteiger partial charge < -0.3 is 49.4 Å². The Bertz CT molecular complexity index is 447. The van der Waals surface area contributed by atoms with Crippen molar-refractivity contribution >= 4 is 32.5 Å². The molecule has 4 atom stereocenters. The van der Waals surface area contributed by atoms with E-state index in [9.17, 15) is 24.3 Å². The van der Waals surface area contributed by atoms with Crippen molar-refractivity contribution in [3.8, 4) is 0 Å². The molecule has 23 heavy (non-hydrogen) atoms. The minimum atomic E-state index is -3.10. The Morgan fingerprint density at radius 3 is 1.83 bits per heavy atom. The normalized spacial score (nSPS) is 26.2. The summed E-state index contributed by atoms with van der Waals surface area (Å²) in [6.45, 7) is 0. The average Bonchev–Trinajstić information content (AvgIpc) is 2.50. The Kier molecular flexibility index (Phi) is 10.7. The zero-order valence-corrected chi connectivity index (χ0v) is 14.2. The van der Waals surface area contributed by atoms with Crippen molar-refractivity contribution < 1.29 is 93.3 Å². The van der Waals surface area contributed by atoms with Gasteiger partial charge in [0.2, 0.25) is 0 Å². The second-order valence-corrected chi connectivity index (χ2v) is 4.55. The van der Waals surface area contributed by atoms with E-state index in [1.807, 2.05) is 0 Å². The predicted molar refractivity (Wildman–Crippen MR) is 57.8 cm³/mol. The van der Waals surface area contributed by atoms with E-state index in [0.29, 0.717) is 0 Å². The van der Waals surface area contributed by atoms with Gasteiger partial charge in [-0.05, 0) is 0 Å². The third kappa shape index (κ3) is 6.25. The molecule has 1 aliphatic heterocycles. The van der Waals surface area contributed by atoms with E-state index in [1.54, 1.807) is 0 Å². The number of carbonyl (C=O) groups excluding carboxylic acids is 4. The van der Waals surface area contributed by atoms with Crippen molar-refractivity contribution in [3.05, 3.63) is 0 Å². The van der Waals surface area contributed by atoms with Crippen LogP contribution in [0.4, 0.5) is 0 Å². The maximum atomic E-state index is 11.2. The van der Waals surface area contributed by atoms with E-state index in [-0.39, 0.29) is 35.0 Å². The predicted octanol–water partition coefficient (Wildman–Crippen LogP) is -8.77. The maximum absolute atomic E-state index is 11.2. The number of aliphatic hydroxyl groups is 4. The summed E-state index contributed by atoms with van der Waals surface area (Å²) >= 11 is 0. The number of carboxylic acids is 1. The first kappa shape index (κ1) is 24.4. The van der Waals surface area contributed by atoms with Crippen molar-refractivity contribution in [2.24, 2.45) is 0 Å². The van der Waals surface area contributed by atoms with Crippen LogP contribution >= 0.6 is 8.60 Å². The van der Waals surface area contributed by atoms with Crippen molar-refractivity contribution in [3.63, 3.8) is 0 Å². The SMILES string of the molecule is O.O=C([O-])C(O)C(O)C(=O)OP1OC(=O)C(O)C(O)C(=O)O1.[Na+]. The van der Waals surface area contributed by atoms with Gasteiger partial charge in [-0.1, -0.05) is 0 Å². The van der Waals surface area contributed by atoms with Gasteiger partial charge in [-0.15, -0.1) is 0 Å². The minimum absolute atomic E-state index is 0. The number of carbonyl (C=O) groups is 4. The van der Waals surface area contributed by atoms with Gasteiger partial charge >= 0.3 is 56.1 Å². The molecule has 1 fully saturated rings.